The van der Waals surface area contributed by atoms with E-state index < -0.39 is 28.9 Å². The van der Waals surface area contributed by atoms with Crippen LogP contribution in [0.3, 0.4) is 0 Å². The molecule has 0 aromatic heterocycles. The molecule has 0 radical (unpaired) electrons. The molecule has 102 valence electrons. The van der Waals surface area contributed by atoms with E-state index in [0.717, 1.165) is 6.07 Å². The third kappa shape index (κ3) is 2.30. The maximum Gasteiger partial charge on any atom is 0.256 e. The van der Waals surface area contributed by atoms with E-state index in [1.807, 2.05) is 0 Å². The highest BCUT2D eigenvalue weighted by molar-refractivity contribution is 5.95. The molecule has 2 N–H and O–H groups in total. The first-order chi connectivity index (χ1) is 8.85. The Morgan fingerprint density at radius 3 is 2.63 bits per heavy atom. The average molecular weight is 268 g/mol. The first kappa shape index (κ1) is 13.5. The predicted molar refractivity (Wildman–Crippen MR) is 64.2 cm³/mol. The number of carbonyl (C=O) groups is 2. The van der Waals surface area contributed by atoms with E-state index in [-0.39, 0.29) is 12.1 Å². The van der Waals surface area contributed by atoms with Crippen LogP contribution in [0.25, 0.3) is 0 Å². The Labute approximate surface area is 109 Å². The molecular formula is C13H14F2N2O2. The van der Waals surface area contributed by atoms with Gasteiger partial charge in [-0.15, -0.1) is 0 Å². The van der Waals surface area contributed by atoms with Crippen molar-refractivity contribution >= 4 is 11.8 Å². The van der Waals surface area contributed by atoms with E-state index in [1.165, 1.54) is 17.0 Å². The van der Waals surface area contributed by atoms with Crippen LogP contribution in [0.4, 0.5) is 8.78 Å². The van der Waals surface area contributed by atoms with Crippen LogP contribution in [0.1, 0.15) is 23.7 Å². The summed E-state index contributed by atoms with van der Waals surface area (Å²) in [5.41, 5.74) is 4.14. The van der Waals surface area contributed by atoms with Gasteiger partial charge >= 0.3 is 0 Å². The Balaban J connectivity index is 2.23. The highest BCUT2D eigenvalue weighted by Gasteiger charge is 2.41. The van der Waals surface area contributed by atoms with Crippen molar-refractivity contribution in [3.8, 4) is 0 Å². The summed E-state index contributed by atoms with van der Waals surface area (Å²) in [6, 6.07) is 3.44. The first-order valence-corrected chi connectivity index (χ1v) is 5.88. The molecule has 19 heavy (non-hydrogen) atoms. The van der Waals surface area contributed by atoms with Gasteiger partial charge < -0.3 is 10.6 Å². The van der Waals surface area contributed by atoms with E-state index in [1.54, 1.807) is 6.92 Å². The number of hydrogen-bond acceptors (Lipinski definition) is 2. The smallest absolute Gasteiger partial charge is 0.256 e. The number of rotatable bonds is 2. The van der Waals surface area contributed by atoms with Crippen LogP contribution in [-0.4, -0.2) is 29.8 Å². The number of hydrogen-bond donors (Lipinski definition) is 1. The van der Waals surface area contributed by atoms with Crippen molar-refractivity contribution in [2.24, 2.45) is 11.1 Å². The van der Waals surface area contributed by atoms with E-state index in [0.29, 0.717) is 13.0 Å². The Bertz CT molecular complexity index is 547. The zero-order valence-corrected chi connectivity index (χ0v) is 10.5. The Kier molecular flexibility index (Phi) is 3.26. The molecule has 1 atom stereocenters. The van der Waals surface area contributed by atoms with Crippen LogP contribution >= 0.6 is 0 Å². The Morgan fingerprint density at radius 1 is 1.37 bits per heavy atom. The van der Waals surface area contributed by atoms with Gasteiger partial charge in [0.2, 0.25) is 5.91 Å². The van der Waals surface area contributed by atoms with Gasteiger partial charge in [0.15, 0.2) is 11.6 Å². The summed E-state index contributed by atoms with van der Waals surface area (Å²) in [6.45, 7) is 2.08. The monoisotopic (exact) mass is 268 g/mol. The van der Waals surface area contributed by atoms with Gasteiger partial charge in [-0.3, -0.25) is 9.59 Å². The number of amides is 2. The fourth-order valence-corrected chi connectivity index (χ4v) is 2.17. The lowest BCUT2D eigenvalue weighted by atomic mass is 9.89. The number of nitrogens with two attached hydrogens (primary N) is 1. The quantitative estimate of drug-likeness (QED) is 0.878. The molecule has 6 heteroatoms. The second-order valence-electron chi connectivity index (χ2n) is 5.00. The molecule has 0 bridgehead atoms. The average Bonchev–Trinajstić information content (AvgIpc) is 2.76. The minimum absolute atomic E-state index is 0.122. The van der Waals surface area contributed by atoms with Gasteiger partial charge in [0, 0.05) is 13.1 Å². The topological polar surface area (TPSA) is 63.4 Å². The highest BCUT2D eigenvalue weighted by atomic mass is 19.2. The summed E-state index contributed by atoms with van der Waals surface area (Å²) in [6.07, 6.45) is 0.422. The van der Waals surface area contributed by atoms with E-state index >= 15 is 0 Å². The summed E-state index contributed by atoms with van der Waals surface area (Å²) in [5.74, 6) is -3.35. The molecule has 1 heterocycles. The molecule has 1 aromatic rings. The van der Waals surface area contributed by atoms with Crippen molar-refractivity contribution in [1.82, 2.24) is 4.90 Å². The van der Waals surface area contributed by atoms with Crippen LogP contribution in [0.5, 0.6) is 0 Å². The summed E-state index contributed by atoms with van der Waals surface area (Å²) < 4.78 is 26.6. The lowest BCUT2D eigenvalue weighted by Gasteiger charge is -2.21. The van der Waals surface area contributed by atoms with Crippen molar-refractivity contribution in [1.29, 1.82) is 0 Å². The van der Waals surface area contributed by atoms with Crippen LogP contribution in [0.15, 0.2) is 18.2 Å². The maximum atomic E-state index is 13.5. The number of primary amides is 1. The molecule has 1 aliphatic rings. The summed E-state index contributed by atoms with van der Waals surface area (Å²) in [7, 11) is 0. The van der Waals surface area contributed by atoms with Gasteiger partial charge in [-0.2, -0.15) is 0 Å². The number of likely N-dealkylation sites (tertiary alicyclic amines) is 1. The zero-order valence-electron chi connectivity index (χ0n) is 10.5. The Morgan fingerprint density at radius 2 is 2.05 bits per heavy atom. The van der Waals surface area contributed by atoms with E-state index in [4.69, 9.17) is 5.73 Å². The summed E-state index contributed by atoms with van der Waals surface area (Å²) in [4.78, 5) is 24.7. The number of benzene rings is 1. The van der Waals surface area contributed by atoms with E-state index in [2.05, 4.69) is 0 Å². The largest absolute Gasteiger partial charge is 0.369 e. The van der Waals surface area contributed by atoms with Crippen molar-refractivity contribution < 1.29 is 18.4 Å². The summed E-state index contributed by atoms with van der Waals surface area (Å²) >= 11 is 0. The fourth-order valence-electron chi connectivity index (χ4n) is 2.17. The predicted octanol–water partition coefficient (Wildman–Crippen LogP) is 1.30. The van der Waals surface area contributed by atoms with Gasteiger partial charge in [0.25, 0.3) is 5.91 Å². The number of nitrogens with zero attached hydrogens (tertiary/aromatic N) is 1. The highest BCUT2D eigenvalue weighted by Crippen LogP contribution is 2.30. The molecule has 0 aliphatic carbocycles. The number of carbonyl (C=O) groups excluding carboxylic acids is 2. The van der Waals surface area contributed by atoms with Crippen molar-refractivity contribution in [3.63, 3.8) is 0 Å². The van der Waals surface area contributed by atoms with Crippen LogP contribution < -0.4 is 5.73 Å². The van der Waals surface area contributed by atoms with Crippen molar-refractivity contribution in [2.45, 2.75) is 13.3 Å². The molecule has 1 aliphatic heterocycles. The molecular weight excluding hydrogens is 254 g/mol. The van der Waals surface area contributed by atoms with Gasteiger partial charge in [-0.1, -0.05) is 6.07 Å². The van der Waals surface area contributed by atoms with Gasteiger partial charge in [0.1, 0.15) is 0 Å². The molecule has 2 rings (SSSR count). The SMILES string of the molecule is CC1(C(N)=O)CCN(C(=O)c2cccc(F)c2F)C1. The molecule has 1 saturated heterocycles. The standard InChI is InChI=1S/C13H14F2N2O2/c1-13(12(16)19)5-6-17(7-13)11(18)8-3-2-4-9(14)10(8)15/h2-4H,5-7H2,1H3,(H2,16,19). The lowest BCUT2D eigenvalue weighted by molar-refractivity contribution is -0.126. The lowest BCUT2D eigenvalue weighted by Crippen LogP contribution is -2.38. The molecule has 0 saturated carbocycles. The normalized spacial score (nSPS) is 22.6. The molecule has 2 amide bonds. The molecule has 4 nitrogen and oxygen atoms in total. The molecule has 1 fully saturated rings. The van der Waals surface area contributed by atoms with Crippen molar-refractivity contribution in [2.75, 3.05) is 13.1 Å². The van der Waals surface area contributed by atoms with Gasteiger partial charge in [0.05, 0.1) is 11.0 Å². The minimum atomic E-state index is -1.17. The maximum absolute atomic E-state index is 13.5. The Hall–Kier alpha value is -1.98. The van der Waals surface area contributed by atoms with Crippen LogP contribution in [0, 0.1) is 17.0 Å². The van der Waals surface area contributed by atoms with Gasteiger partial charge in [-0.05, 0) is 25.5 Å². The first-order valence-electron chi connectivity index (χ1n) is 5.88. The minimum Gasteiger partial charge on any atom is -0.369 e. The van der Waals surface area contributed by atoms with Crippen LogP contribution in [-0.2, 0) is 4.79 Å². The second-order valence-corrected chi connectivity index (χ2v) is 5.00. The van der Waals surface area contributed by atoms with E-state index in [9.17, 15) is 18.4 Å². The number of halogens is 2. The summed E-state index contributed by atoms with van der Waals surface area (Å²) in [5, 5.41) is 0. The zero-order chi connectivity index (χ0) is 14.2. The van der Waals surface area contributed by atoms with Gasteiger partial charge in [-0.25, -0.2) is 8.78 Å². The van der Waals surface area contributed by atoms with Crippen LogP contribution in [0.2, 0.25) is 0 Å². The van der Waals surface area contributed by atoms with Crippen molar-refractivity contribution in [3.05, 3.63) is 35.4 Å². The molecule has 1 unspecified atom stereocenters. The third-order valence-electron chi connectivity index (χ3n) is 3.54. The second kappa shape index (κ2) is 4.60. The molecule has 1 aromatic carbocycles. The molecule has 0 spiro atoms. The third-order valence-corrected chi connectivity index (χ3v) is 3.54. The fraction of sp³-hybridized carbons (Fsp3) is 0.385.